The highest BCUT2D eigenvalue weighted by Crippen LogP contribution is 2.14. The molecule has 0 saturated heterocycles. The SMILES string of the molecule is O=C(NCC#Cc1ccc(F)cc1)c1ccccc1Cl. The van der Waals surface area contributed by atoms with Crippen molar-refractivity contribution in [3.63, 3.8) is 0 Å². The van der Waals surface area contributed by atoms with E-state index in [2.05, 4.69) is 17.2 Å². The highest BCUT2D eigenvalue weighted by molar-refractivity contribution is 6.33. The highest BCUT2D eigenvalue weighted by Gasteiger charge is 2.07. The van der Waals surface area contributed by atoms with E-state index in [1.807, 2.05) is 0 Å². The van der Waals surface area contributed by atoms with E-state index in [9.17, 15) is 9.18 Å². The summed E-state index contributed by atoms with van der Waals surface area (Å²) >= 11 is 5.91. The Morgan fingerprint density at radius 3 is 2.55 bits per heavy atom. The van der Waals surface area contributed by atoms with E-state index in [0.717, 1.165) is 0 Å². The van der Waals surface area contributed by atoms with Crippen LogP contribution in [-0.2, 0) is 0 Å². The normalized spacial score (nSPS) is 9.50. The lowest BCUT2D eigenvalue weighted by atomic mass is 10.2. The molecule has 0 unspecified atom stereocenters. The zero-order valence-electron chi connectivity index (χ0n) is 10.5. The molecule has 2 aromatic carbocycles. The molecule has 0 aromatic heterocycles. The maximum absolute atomic E-state index is 12.7. The Hall–Kier alpha value is -2.31. The van der Waals surface area contributed by atoms with Crippen LogP contribution in [0, 0.1) is 17.7 Å². The van der Waals surface area contributed by atoms with Crippen molar-refractivity contribution in [2.24, 2.45) is 0 Å². The van der Waals surface area contributed by atoms with Crippen LogP contribution >= 0.6 is 11.6 Å². The number of nitrogens with one attached hydrogen (secondary N) is 1. The van der Waals surface area contributed by atoms with Gasteiger partial charge in [0, 0.05) is 5.56 Å². The summed E-state index contributed by atoms with van der Waals surface area (Å²) in [7, 11) is 0. The molecule has 0 aliphatic carbocycles. The van der Waals surface area contributed by atoms with Crippen molar-refractivity contribution in [1.29, 1.82) is 0 Å². The van der Waals surface area contributed by atoms with E-state index in [4.69, 9.17) is 11.6 Å². The quantitative estimate of drug-likeness (QED) is 0.844. The number of carbonyl (C=O) groups is 1. The van der Waals surface area contributed by atoms with Gasteiger partial charge in [0.2, 0.25) is 0 Å². The number of hydrogen-bond donors (Lipinski definition) is 1. The molecule has 1 N–H and O–H groups in total. The van der Waals surface area contributed by atoms with Crippen LogP contribution in [0.5, 0.6) is 0 Å². The van der Waals surface area contributed by atoms with E-state index >= 15 is 0 Å². The average Bonchev–Trinajstić information content (AvgIpc) is 2.46. The maximum atomic E-state index is 12.7. The lowest BCUT2D eigenvalue weighted by Gasteiger charge is -2.02. The monoisotopic (exact) mass is 287 g/mol. The van der Waals surface area contributed by atoms with Gasteiger partial charge in [-0.05, 0) is 36.4 Å². The first-order valence-electron chi connectivity index (χ1n) is 5.94. The Kier molecular flexibility index (Phi) is 4.75. The van der Waals surface area contributed by atoms with Crippen LogP contribution in [-0.4, -0.2) is 12.5 Å². The van der Waals surface area contributed by atoms with Crippen LogP contribution in [0.2, 0.25) is 5.02 Å². The molecule has 20 heavy (non-hydrogen) atoms. The molecule has 2 aromatic rings. The molecule has 0 atom stereocenters. The molecule has 100 valence electrons. The number of halogens is 2. The molecule has 0 fully saturated rings. The van der Waals surface area contributed by atoms with Gasteiger partial charge < -0.3 is 5.32 Å². The van der Waals surface area contributed by atoms with Crippen molar-refractivity contribution in [1.82, 2.24) is 5.32 Å². The molecule has 0 radical (unpaired) electrons. The van der Waals surface area contributed by atoms with E-state index in [0.29, 0.717) is 16.1 Å². The van der Waals surface area contributed by atoms with Gasteiger partial charge in [-0.2, -0.15) is 0 Å². The standard InChI is InChI=1S/C16H11ClFNO/c17-15-6-2-1-5-14(15)16(20)19-11-3-4-12-7-9-13(18)10-8-12/h1-2,5-10H,11H2,(H,19,20). The molecule has 2 rings (SSSR count). The van der Waals surface area contributed by atoms with Crippen LogP contribution in [0.3, 0.4) is 0 Å². The van der Waals surface area contributed by atoms with Crippen LogP contribution in [0.25, 0.3) is 0 Å². The predicted molar refractivity (Wildman–Crippen MR) is 77.1 cm³/mol. The Labute approximate surface area is 121 Å². The second kappa shape index (κ2) is 6.74. The second-order valence-corrected chi connectivity index (χ2v) is 4.38. The summed E-state index contributed by atoms with van der Waals surface area (Å²) in [4.78, 5) is 11.8. The molecular weight excluding hydrogens is 277 g/mol. The molecule has 1 amide bonds. The Morgan fingerprint density at radius 1 is 1.15 bits per heavy atom. The molecule has 0 aliphatic heterocycles. The largest absolute Gasteiger partial charge is 0.341 e. The van der Waals surface area contributed by atoms with Gasteiger partial charge in [0.05, 0.1) is 17.1 Å². The number of carbonyl (C=O) groups excluding carboxylic acids is 1. The molecule has 0 saturated carbocycles. The first kappa shape index (κ1) is 14.1. The minimum absolute atomic E-state index is 0.196. The van der Waals surface area contributed by atoms with E-state index in [1.54, 1.807) is 36.4 Å². The number of rotatable bonds is 2. The smallest absolute Gasteiger partial charge is 0.253 e. The fraction of sp³-hybridized carbons (Fsp3) is 0.0625. The minimum Gasteiger partial charge on any atom is -0.341 e. The molecule has 0 heterocycles. The molecular formula is C16H11ClFNO. The van der Waals surface area contributed by atoms with Crippen molar-refractivity contribution < 1.29 is 9.18 Å². The van der Waals surface area contributed by atoms with Crippen LogP contribution in [0.1, 0.15) is 15.9 Å². The predicted octanol–water partition coefficient (Wildman–Crippen LogP) is 3.26. The summed E-state index contributed by atoms with van der Waals surface area (Å²) in [5, 5.41) is 3.05. The molecule has 2 nitrogen and oxygen atoms in total. The lowest BCUT2D eigenvalue weighted by Crippen LogP contribution is -2.23. The van der Waals surface area contributed by atoms with Gasteiger partial charge in [-0.25, -0.2) is 4.39 Å². The van der Waals surface area contributed by atoms with Gasteiger partial charge in [0.25, 0.3) is 5.91 Å². The zero-order valence-corrected chi connectivity index (χ0v) is 11.2. The summed E-state index contributed by atoms with van der Waals surface area (Å²) < 4.78 is 12.7. The Bertz CT molecular complexity index is 671. The Morgan fingerprint density at radius 2 is 1.85 bits per heavy atom. The number of benzene rings is 2. The van der Waals surface area contributed by atoms with Crippen molar-refractivity contribution in [3.05, 3.63) is 70.5 Å². The third-order valence-electron chi connectivity index (χ3n) is 2.53. The first-order valence-corrected chi connectivity index (χ1v) is 6.32. The van der Waals surface area contributed by atoms with E-state index in [1.165, 1.54) is 12.1 Å². The summed E-state index contributed by atoms with van der Waals surface area (Å²) in [6.45, 7) is 0.196. The third-order valence-corrected chi connectivity index (χ3v) is 2.86. The molecule has 0 aliphatic rings. The van der Waals surface area contributed by atoms with Crippen molar-refractivity contribution in [2.75, 3.05) is 6.54 Å². The van der Waals surface area contributed by atoms with Crippen LogP contribution in [0.15, 0.2) is 48.5 Å². The van der Waals surface area contributed by atoms with Crippen molar-refractivity contribution in [2.45, 2.75) is 0 Å². The van der Waals surface area contributed by atoms with E-state index < -0.39 is 0 Å². The van der Waals surface area contributed by atoms with E-state index in [-0.39, 0.29) is 18.3 Å². The summed E-state index contributed by atoms with van der Waals surface area (Å²) in [5.41, 5.74) is 1.11. The number of amides is 1. The average molecular weight is 288 g/mol. The maximum Gasteiger partial charge on any atom is 0.253 e. The number of hydrogen-bond acceptors (Lipinski definition) is 1. The molecule has 0 spiro atoms. The van der Waals surface area contributed by atoms with Gasteiger partial charge in [0.15, 0.2) is 0 Å². The second-order valence-electron chi connectivity index (χ2n) is 3.97. The minimum atomic E-state index is -0.303. The Balaban J connectivity index is 1.92. The summed E-state index contributed by atoms with van der Waals surface area (Å²) in [6, 6.07) is 12.6. The van der Waals surface area contributed by atoms with Crippen molar-refractivity contribution in [3.8, 4) is 11.8 Å². The van der Waals surface area contributed by atoms with Gasteiger partial charge in [0.1, 0.15) is 5.82 Å². The highest BCUT2D eigenvalue weighted by atomic mass is 35.5. The topological polar surface area (TPSA) is 29.1 Å². The lowest BCUT2D eigenvalue weighted by molar-refractivity contribution is 0.0959. The molecule has 4 heteroatoms. The van der Waals surface area contributed by atoms with Crippen molar-refractivity contribution >= 4 is 17.5 Å². The summed E-state index contributed by atoms with van der Waals surface area (Å²) in [5.74, 6) is 5.05. The van der Waals surface area contributed by atoms with Gasteiger partial charge in [-0.1, -0.05) is 35.6 Å². The first-order chi connectivity index (χ1) is 9.66. The summed E-state index contributed by atoms with van der Waals surface area (Å²) in [6.07, 6.45) is 0. The zero-order chi connectivity index (χ0) is 14.4. The molecule has 0 bridgehead atoms. The third kappa shape index (κ3) is 3.84. The van der Waals surface area contributed by atoms with Crippen LogP contribution < -0.4 is 5.32 Å². The van der Waals surface area contributed by atoms with Gasteiger partial charge >= 0.3 is 0 Å². The van der Waals surface area contributed by atoms with Gasteiger partial charge in [-0.3, -0.25) is 4.79 Å². The van der Waals surface area contributed by atoms with Crippen LogP contribution in [0.4, 0.5) is 4.39 Å². The fourth-order valence-corrected chi connectivity index (χ4v) is 1.77. The fourth-order valence-electron chi connectivity index (χ4n) is 1.54. The van der Waals surface area contributed by atoms with Gasteiger partial charge in [-0.15, -0.1) is 0 Å².